The van der Waals surface area contributed by atoms with Gasteiger partial charge in [-0.2, -0.15) is 0 Å². The van der Waals surface area contributed by atoms with E-state index in [2.05, 4.69) is 4.98 Å². The summed E-state index contributed by atoms with van der Waals surface area (Å²) in [5.74, 6) is 0.620. The molecule has 4 heterocycles. The summed E-state index contributed by atoms with van der Waals surface area (Å²) < 4.78 is 0. The van der Waals surface area contributed by atoms with Gasteiger partial charge in [0.05, 0.1) is 17.7 Å². The van der Waals surface area contributed by atoms with Gasteiger partial charge in [-0.15, -0.1) is 0 Å². The maximum atomic E-state index is 13.1. The molecule has 28 heavy (non-hydrogen) atoms. The number of amides is 3. The summed E-state index contributed by atoms with van der Waals surface area (Å²) in [4.78, 5) is 51.5. The molecule has 8 nitrogen and oxygen atoms in total. The molecule has 2 fully saturated rings. The number of carbonyl (C=O) groups excluding carboxylic acids is 3. The topological polar surface area (TPSA) is 86.7 Å². The highest BCUT2D eigenvalue weighted by molar-refractivity contribution is 5.89. The van der Waals surface area contributed by atoms with Crippen LogP contribution in [0.3, 0.4) is 0 Å². The Hall–Kier alpha value is -2.51. The van der Waals surface area contributed by atoms with Crippen LogP contribution in [0.1, 0.15) is 56.2 Å². The monoisotopic (exact) mass is 385 g/mol. The summed E-state index contributed by atoms with van der Waals surface area (Å²) in [6, 6.07) is -0.116. The average molecular weight is 385 g/mol. The molecule has 0 spiro atoms. The van der Waals surface area contributed by atoms with E-state index in [9.17, 15) is 14.4 Å². The minimum atomic E-state index is -0.255. The van der Waals surface area contributed by atoms with E-state index >= 15 is 0 Å². The van der Waals surface area contributed by atoms with Crippen molar-refractivity contribution in [2.75, 3.05) is 26.2 Å². The van der Waals surface area contributed by atoms with Gasteiger partial charge in [0.15, 0.2) is 5.82 Å². The number of fused-ring (bicyclic) bond motifs is 1. The zero-order chi connectivity index (χ0) is 19.8. The molecule has 3 aliphatic heterocycles. The van der Waals surface area contributed by atoms with Crippen LogP contribution in [0.5, 0.6) is 0 Å². The van der Waals surface area contributed by atoms with E-state index in [1.807, 2.05) is 18.0 Å². The highest BCUT2D eigenvalue weighted by Gasteiger charge is 2.40. The second-order valence-corrected chi connectivity index (χ2v) is 7.91. The van der Waals surface area contributed by atoms with Crippen molar-refractivity contribution in [3.05, 3.63) is 23.3 Å². The normalized spacial score (nSPS) is 24.6. The highest BCUT2D eigenvalue weighted by Crippen LogP contribution is 2.33. The fourth-order valence-electron chi connectivity index (χ4n) is 4.54. The third-order valence-electron chi connectivity index (χ3n) is 6.18. The van der Waals surface area contributed by atoms with Crippen LogP contribution in [0, 0.1) is 5.92 Å². The highest BCUT2D eigenvalue weighted by atomic mass is 16.2. The molecule has 0 bridgehead atoms. The Bertz CT molecular complexity index is 811. The molecule has 2 atom stereocenters. The Balaban J connectivity index is 1.50. The number of likely N-dealkylation sites (tertiary alicyclic amines) is 2. The lowest BCUT2D eigenvalue weighted by molar-refractivity contribution is -0.137. The largest absolute Gasteiger partial charge is 0.342 e. The lowest BCUT2D eigenvalue weighted by atomic mass is 10.0. The van der Waals surface area contributed by atoms with Gasteiger partial charge in [-0.25, -0.2) is 9.97 Å². The second kappa shape index (κ2) is 7.48. The summed E-state index contributed by atoms with van der Waals surface area (Å²) in [6.07, 6.45) is 4.61. The van der Waals surface area contributed by atoms with Gasteiger partial charge in [-0.05, 0) is 19.8 Å². The van der Waals surface area contributed by atoms with Gasteiger partial charge in [0.2, 0.25) is 17.7 Å². The number of carbonyl (C=O) groups is 3. The van der Waals surface area contributed by atoms with E-state index in [0.717, 1.165) is 24.1 Å². The molecule has 1 aromatic rings. The molecule has 0 aromatic carbocycles. The Morgan fingerprint density at radius 2 is 2.11 bits per heavy atom. The van der Waals surface area contributed by atoms with Crippen molar-refractivity contribution in [2.24, 2.45) is 5.92 Å². The first-order chi connectivity index (χ1) is 13.5. The van der Waals surface area contributed by atoms with Crippen LogP contribution in [-0.4, -0.2) is 68.6 Å². The molecule has 8 heteroatoms. The third-order valence-corrected chi connectivity index (χ3v) is 6.18. The molecule has 3 amide bonds. The fraction of sp³-hybridized carbons (Fsp3) is 0.650. The predicted octanol–water partition coefficient (Wildman–Crippen LogP) is 0.913. The van der Waals surface area contributed by atoms with Gasteiger partial charge in [0, 0.05) is 64.2 Å². The molecule has 150 valence electrons. The first-order valence-corrected chi connectivity index (χ1v) is 10.2. The third kappa shape index (κ3) is 3.36. The number of hydrogen-bond acceptors (Lipinski definition) is 5. The van der Waals surface area contributed by atoms with Gasteiger partial charge in [0.25, 0.3) is 0 Å². The second-order valence-electron chi connectivity index (χ2n) is 7.91. The Labute approximate surface area is 164 Å². The van der Waals surface area contributed by atoms with Crippen molar-refractivity contribution in [3.8, 4) is 0 Å². The lowest BCUT2D eigenvalue weighted by Gasteiger charge is -2.29. The summed E-state index contributed by atoms with van der Waals surface area (Å²) in [7, 11) is 0. The van der Waals surface area contributed by atoms with Crippen LogP contribution in [0.15, 0.2) is 6.20 Å². The van der Waals surface area contributed by atoms with Gasteiger partial charge in [-0.1, -0.05) is 0 Å². The lowest BCUT2D eigenvalue weighted by Crippen LogP contribution is -2.38. The molecule has 3 aliphatic rings. The van der Waals surface area contributed by atoms with Crippen LogP contribution in [0.25, 0.3) is 0 Å². The van der Waals surface area contributed by atoms with Crippen molar-refractivity contribution in [1.82, 2.24) is 24.7 Å². The molecular weight excluding hydrogens is 358 g/mol. The van der Waals surface area contributed by atoms with Crippen LogP contribution < -0.4 is 0 Å². The number of rotatable bonds is 3. The number of nitrogens with zero attached hydrogens (tertiary/aromatic N) is 5. The minimum absolute atomic E-state index is 0.0517. The molecular formula is C20H27N5O3. The van der Waals surface area contributed by atoms with Crippen molar-refractivity contribution in [3.63, 3.8) is 0 Å². The summed E-state index contributed by atoms with van der Waals surface area (Å²) in [5.41, 5.74) is 1.97. The van der Waals surface area contributed by atoms with Crippen LogP contribution in [0.2, 0.25) is 0 Å². The molecule has 4 rings (SSSR count). The van der Waals surface area contributed by atoms with E-state index in [1.165, 1.54) is 0 Å². The quantitative estimate of drug-likeness (QED) is 0.772. The van der Waals surface area contributed by atoms with E-state index in [-0.39, 0.29) is 29.7 Å². The average Bonchev–Trinajstić information content (AvgIpc) is 3.33. The fourth-order valence-corrected chi connectivity index (χ4v) is 4.54. The maximum Gasteiger partial charge on any atom is 0.228 e. The van der Waals surface area contributed by atoms with Crippen molar-refractivity contribution < 1.29 is 14.4 Å². The summed E-state index contributed by atoms with van der Waals surface area (Å²) in [6.45, 7) is 6.60. The van der Waals surface area contributed by atoms with Gasteiger partial charge >= 0.3 is 0 Å². The van der Waals surface area contributed by atoms with Crippen molar-refractivity contribution >= 4 is 17.7 Å². The molecule has 0 radical (unpaired) electrons. The van der Waals surface area contributed by atoms with E-state index in [1.54, 1.807) is 16.7 Å². The molecule has 0 saturated carbocycles. The van der Waals surface area contributed by atoms with Crippen LogP contribution in [-0.2, 0) is 27.3 Å². The first kappa shape index (κ1) is 18.8. The number of aromatic nitrogens is 2. The van der Waals surface area contributed by atoms with E-state index < -0.39 is 0 Å². The number of hydrogen-bond donors (Lipinski definition) is 0. The van der Waals surface area contributed by atoms with Crippen LogP contribution >= 0.6 is 0 Å². The zero-order valence-corrected chi connectivity index (χ0v) is 16.6. The molecule has 1 aromatic heterocycles. The molecule has 2 saturated heterocycles. The van der Waals surface area contributed by atoms with Gasteiger partial charge in [0.1, 0.15) is 0 Å². The molecule has 0 aliphatic carbocycles. The minimum Gasteiger partial charge on any atom is -0.342 e. The van der Waals surface area contributed by atoms with Gasteiger partial charge in [-0.3, -0.25) is 14.4 Å². The van der Waals surface area contributed by atoms with Gasteiger partial charge < -0.3 is 14.7 Å². The smallest absolute Gasteiger partial charge is 0.228 e. The van der Waals surface area contributed by atoms with Crippen molar-refractivity contribution in [2.45, 2.75) is 52.1 Å². The van der Waals surface area contributed by atoms with E-state index in [4.69, 9.17) is 4.98 Å². The maximum absolute atomic E-state index is 13.1. The zero-order valence-electron chi connectivity index (χ0n) is 16.6. The standard InChI is InChI=1S/C20H27N5O3/c1-3-23-11-14(9-18(23)27)20(28)25-7-4-5-17(25)19-21-10-15-12-24(13(2)26)8-6-16(15)22-19/h10,14,17H,3-9,11-12H2,1-2H3. The Kier molecular flexibility index (Phi) is 5.03. The Morgan fingerprint density at radius 1 is 1.29 bits per heavy atom. The van der Waals surface area contributed by atoms with Crippen molar-refractivity contribution in [1.29, 1.82) is 0 Å². The predicted molar refractivity (Wildman–Crippen MR) is 101 cm³/mol. The van der Waals surface area contributed by atoms with E-state index in [0.29, 0.717) is 51.4 Å². The molecule has 0 N–H and O–H groups in total. The van der Waals surface area contributed by atoms with Crippen LogP contribution in [0.4, 0.5) is 0 Å². The first-order valence-electron chi connectivity index (χ1n) is 10.2. The SMILES string of the molecule is CCN1CC(C(=O)N2CCCC2c2ncc3c(n2)CCN(C(C)=O)C3)CC1=O. The molecule has 2 unspecified atom stereocenters. The summed E-state index contributed by atoms with van der Waals surface area (Å²) in [5, 5.41) is 0. The summed E-state index contributed by atoms with van der Waals surface area (Å²) >= 11 is 0. The Morgan fingerprint density at radius 3 is 2.82 bits per heavy atom.